The number of carbonyl (C=O) groups excluding carboxylic acids is 1. The Labute approximate surface area is 161 Å². The molecule has 3 aliphatic rings. The van der Waals surface area contributed by atoms with E-state index in [4.69, 9.17) is 21.7 Å². The van der Waals surface area contributed by atoms with Gasteiger partial charge >= 0.3 is 6.09 Å². The normalized spacial score (nSPS) is 24.2. The van der Waals surface area contributed by atoms with Crippen LogP contribution < -0.4 is 15.1 Å². The van der Waals surface area contributed by atoms with Crippen molar-refractivity contribution in [3.63, 3.8) is 0 Å². The number of thiocarbonyl (C=S) groups is 1. The highest BCUT2D eigenvalue weighted by Crippen LogP contribution is 2.45. The zero-order chi connectivity index (χ0) is 18.3. The molecule has 0 unspecified atom stereocenters. The Balaban J connectivity index is 1.52. The fourth-order valence-electron chi connectivity index (χ4n) is 3.70. The molecule has 0 bridgehead atoms. The second kappa shape index (κ2) is 7.11. The number of nitrogens with zero attached hydrogens (tertiary/aromatic N) is 2. The number of halogens is 1. The second-order valence-corrected chi connectivity index (χ2v) is 8.00. The third kappa shape index (κ3) is 3.18. The van der Waals surface area contributed by atoms with Crippen molar-refractivity contribution in [1.29, 1.82) is 0 Å². The summed E-state index contributed by atoms with van der Waals surface area (Å²) in [5.74, 6) is 0.688. The lowest BCUT2D eigenvalue weighted by atomic mass is 10.2. The molecular formula is C17H20FN3O3S2. The van der Waals surface area contributed by atoms with E-state index in [0.717, 1.165) is 30.0 Å². The fourth-order valence-corrected chi connectivity index (χ4v) is 5.06. The van der Waals surface area contributed by atoms with Gasteiger partial charge in [-0.1, -0.05) is 0 Å². The topological polar surface area (TPSA) is 54.0 Å². The van der Waals surface area contributed by atoms with Gasteiger partial charge in [0.2, 0.25) is 0 Å². The van der Waals surface area contributed by atoms with Crippen LogP contribution in [0.2, 0.25) is 0 Å². The summed E-state index contributed by atoms with van der Waals surface area (Å²) in [4.78, 5) is 16.8. The number of carbonyl (C=O) groups is 1. The monoisotopic (exact) mass is 397 g/mol. The summed E-state index contributed by atoms with van der Waals surface area (Å²) in [7, 11) is 1.47. The number of nitrogens with one attached hydrogen (secondary N) is 1. The van der Waals surface area contributed by atoms with Gasteiger partial charge in [-0.15, -0.1) is 11.8 Å². The predicted octanol–water partition coefficient (Wildman–Crippen LogP) is 2.75. The van der Waals surface area contributed by atoms with Crippen molar-refractivity contribution in [3.8, 4) is 0 Å². The van der Waals surface area contributed by atoms with Gasteiger partial charge in [-0.3, -0.25) is 4.90 Å². The molecule has 140 valence electrons. The van der Waals surface area contributed by atoms with Crippen LogP contribution in [0.1, 0.15) is 12.8 Å². The molecule has 2 fully saturated rings. The van der Waals surface area contributed by atoms with Crippen molar-refractivity contribution >= 4 is 46.6 Å². The van der Waals surface area contributed by atoms with E-state index in [1.165, 1.54) is 18.1 Å². The number of ether oxygens (including phenoxy) is 2. The van der Waals surface area contributed by atoms with Crippen molar-refractivity contribution in [2.45, 2.75) is 29.9 Å². The molecule has 9 heteroatoms. The van der Waals surface area contributed by atoms with Crippen molar-refractivity contribution < 1.29 is 18.7 Å². The van der Waals surface area contributed by atoms with E-state index in [2.05, 4.69) is 10.2 Å². The summed E-state index contributed by atoms with van der Waals surface area (Å²) >= 11 is 6.58. The van der Waals surface area contributed by atoms with E-state index in [-0.39, 0.29) is 17.1 Å². The molecule has 1 N–H and O–H groups in total. The third-order valence-corrected chi connectivity index (χ3v) is 6.44. The number of hydrogen-bond donors (Lipinski definition) is 1. The molecule has 1 aromatic rings. The minimum Gasteiger partial charge on any atom is -0.474 e. The van der Waals surface area contributed by atoms with E-state index in [0.29, 0.717) is 30.5 Å². The Morgan fingerprint density at radius 2 is 2.38 bits per heavy atom. The van der Waals surface area contributed by atoms with Gasteiger partial charge in [0.25, 0.3) is 5.17 Å². The van der Waals surface area contributed by atoms with Crippen molar-refractivity contribution in [1.82, 2.24) is 5.32 Å². The quantitative estimate of drug-likeness (QED) is 0.787. The highest BCUT2D eigenvalue weighted by Gasteiger charge is 2.36. The van der Waals surface area contributed by atoms with Crippen LogP contribution in [0, 0.1) is 5.82 Å². The first-order chi connectivity index (χ1) is 12.6. The molecular weight excluding hydrogens is 377 g/mol. The van der Waals surface area contributed by atoms with E-state index >= 15 is 0 Å². The summed E-state index contributed by atoms with van der Waals surface area (Å²) in [5, 5.41) is 3.12. The summed E-state index contributed by atoms with van der Waals surface area (Å²) in [6, 6.07) is 3.76. The number of amides is 1. The SMILES string of the molecule is COC(=S)NC[C@H]1CN(c2cc(F)c3c(c2)SC[C@@H]2CCCN32)C(=O)O1. The molecule has 3 heterocycles. The molecule has 0 aromatic heterocycles. The maximum absolute atomic E-state index is 14.9. The molecule has 0 aliphatic carbocycles. The second-order valence-electron chi connectivity index (χ2n) is 6.56. The van der Waals surface area contributed by atoms with Crippen LogP contribution in [0.5, 0.6) is 0 Å². The van der Waals surface area contributed by atoms with Gasteiger partial charge in [0.15, 0.2) is 0 Å². The van der Waals surface area contributed by atoms with Crippen LogP contribution >= 0.6 is 24.0 Å². The first kappa shape index (κ1) is 17.7. The average molecular weight is 397 g/mol. The Bertz CT molecular complexity index is 748. The molecule has 1 amide bonds. The van der Waals surface area contributed by atoms with Crippen LogP contribution in [-0.2, 0) is 9.47 Å². The van der Waals surface area contributed by atoms with Gasteiger partial charge in [0.1, 0.15) is 11.9 Å². The van der Waals surface area contributed by atoms with E-state index in [9.17, 15) is 9.18 Å². The van der Waals surface area contributed by atoms with Crippen LogP contribution in [-0.4, -0.2) is 55.9 Å². The number of rotatable bonds is 3. The number of hydrogen-bond acceptors (Lipinski definition) is 6. The van der Waals surface area contributed by atoms with Crippen molar-refractivity contribution in [2.75, 3.05) is 42.3 Å². The van der Waals surface area contributed by atoms with Gasteiger partial charge in [0.05, 0.1) is 31.6 Å². The number of anilines is 2. The number of thioether (sulfide) groups is 1. The Kier molecular flexibility index (Phi) is 4.83. The smallest absolute Gasteiger partial charge is 0.414 e. The van der Waals surface area contributed by atoms with Gasteiger partial charge < -0.3 is 19.7 Å². The zero-order valence-corrected chi connectivity index (χ0v) is 16.0. The third-order valence-electron chi connectivity index (χ3n) is 4.95. The van der Waals surface area contributed by atoms with Gasteiger partial charge in [0, 0.05) is 23.2 Å². The van der Waals surface area contributed by atoms with Crippen LogP contribution in [0.3, 0.4) is 0 Å². The van der Waals surface area contributed by atoms with Crippen LogP contribution in [0.4, 0.5) is 20.6 Å². The molecule has 0 saturated carbocycles. The number of benzene rings is 1. The van der Waals surface area contributed by atoms with Gasteiger partial charge in [-0.25, -0.2) is 9.18 Å². The number of fused-ring (bicyclic) bond motifs is 3. The molecule has 3 aliphatic heterocycles. The molecule has 0 spiro atoms. The molecule has 0 radical (unpaired) electrons. The minimum atomic E-state index is -0.473. The average Bonchev–Trinajstić information content (AvgIpc) is 3.25. The Hall–Kier alpha value is -1.74. The first-order valence-electron chi connectivity index (χ1n) is 8.59. The molecule has 26 heavy (non-hydrogen) atoms. The van der Waals surface area contributed by atoms with Crippen molar-refractivity contribution in [2.24, 2.45) is 0 Å². The number of methoxy groups -OCH3 is 1. The highest BCUT2D eigenvalue weighted by atomic mass is 32.2. The molecule has 4 rings (SSSR count). The van der Waals surface area contributed by atoms with Gasteiger partial charge in [-0.05, 0) is 37.2 Å². The molecule has 2 saturated heterocycles. The summed E-state index contributed by atoms with van der Waals surface area (Å²) in [6.45, 7) is 1.59. The lowest BCUT2D eigenvalue weighted by molar-refractivity contribution is 0.142. The molecule has 2 atom stereocenters. The summed E-state index contributed by atoms with van der Waals surface area (Å²) in [6.07, 6.45) is 1.37. The predicted molar refractivity (Wildman–Crippen MR) is 103 cm³/mol. The maximum Gasteiger partial charge on any atom is 0.414 e. The van der Waals surface area contributed by atoms with Crippen molar-refractivity contribution in [3.05, 3.63) is 17.9 Å². The van der Waals surface area contributed by atoms with Gasteiger partial charge in [-0.2, -0.15) is 0 Å². The maximum atomic E-state index is 14.9. The lowest BCUT2D eigenvalue weighted by Crippen LogP contribution is -2.35. The standard InChI is InChI=1S/C17H20FN3O3S2/c1-23-16(25)19-7-12-8-21(17(22)24-12)11-5-13(18)15-14(6-11)26-9-10-3-2-4-20(10)15/h5-6,10,12H,2-4,7-9H2,1H3,(H,19,25)/t10-,12-/m0/s1. The molecule has 1 aromatic carbocycles. The van der Waals surface area contributed by atoms with E-state index < -0.39 is 6.09 Å². The zero-order valence-electron chi connectivity index (χ0n) is 14.4. The summed E-state index contributed by atoms with van der Waals surface area (Å²) < 4.78 is 25.1. The molecule has 6 nitrogen and oxygen atoms in total. The fraction of sp³-hybridized carbons (Fsp3) is 0.529. The highest BCUT2D eigenvalue weighted by molar-refractivity contribution is 7.99. The number of cyclic esters (lactones) is 1. The van der Waals surface area contributed by atoms with Crippen LogP contribution in [0.25, 0.3) is 0 Å². The largest absolute Gasteiger partial charge is 0.474 e. The minimum absolute atomic E-state index is 0.246. The lowest BCUT2D eigenvalue weighted by Gasteiger charge is -2.34. The summed E-state index contributed by atoms with van der Waals surface area (Å²) in [5.41, 5.74) is 1.22. The van der Waals surface area contributed by atoms with E-state index in [1.54, 1.807) is 11.8 Å². The first-order valence-corrected chi connectivity index (χ1v) is 9.99. The van der Waals surface area contributed by atoms with E-state index in [1.807, 2.05) is 6.07 Å². The Morgan fingerprint density at radius 3 is 3.19 bits per heavy atom. The van der Waals surface area contributed by atoms with Crippen LogP contribution in [0.15, 0.2) is 17.0 Å². The Morgan fingerprint density at radius 1 is 1.54 bits per heavy atom.